The molecule has 1 fully saturated rings. The maximum Gasteiger partial charge on any atom is 0.254 e. The summed E-state index contributed by atoms with van der Waals surface area (Å²) in [5.74, 6) is -1.41. The molecule has 1 saturated heterocycles. The molecule has 0 aliphatic carbocycles. The number of likely N-dealkylation sites (tertiary alicyclic amines) is 1. The SMILES string of the molecule is CCOc1cc(F)ccc1-c1ccc(C(C)(C)NC(=O)[C@H](O)[C@@H](O)C(=O)N2CCCC2)cc1. The second kappa shape index (κ2) is 10.3. The summed E-state index contributed by atoms with van der Waals surface area (Å²) in [5, 5.41) is 23.2. The fourth-order valence-electron chi connectivity index (χ4n) is 3.93. The highest BCUT2D eigenvalue weighted by Gasteiger charge is 2.36. The van der Waals surface area contributed by atoms with Crippen LogP contribution in [0.25, 0.3) is 11.1 Å². The van der Waals surface area contributed by atoms with Gasteiger partial charge in [0.25, 0.3) is 11.8 Å². The van der Waals surface area contributed by atoms with Crippen molar-refractivity contribution in [2.24, 2.45) is 0 Å². The highest BCUT2D eigenvalue weighted by atomic mass is 19.1. The summed E-state index contributed by atoms with van der Waals surface area (Å²) < 4.78 is 19.2. The van der Waals surface area contributed by atoms with E-state index in [-0.39, 0.29) is 5.82 Å². The van der Waals surface area contributed by atoms with Crippen LogP contribution in [0.1, 0.15) is 39.2 Å². The maximum absolute atomic E-state index is 13.6. The summed E-state index contributed by atoms with van der Waals surface area (Å²) in [5.41, 5.74) is 1.41. The van der Waals surface area contributed by atoms with Crippen LogP contribution >= 0.6 is 0 Å². The van der Waals surface area contributed by atoms with Crippen LogP contribution in [0.3, 0.4) is 0 Å². The van der Waals surface area contributed by atoms with Gasteiger partial charge in [0.05, 0.1) is 12.1 Å². The predicted molar refractivity (Wildman–Crippen MR) is 122 cm³/mol. The number of carbonyl (C=O) groups is 2. The van der Waals surface area contributed by atoms with Crippen LogP contribution in [-0.4, -0.2) is 58.8 Å². The molecule has 0 saturated carbocycles. The van der Waals surface area contributed by atoms with E-state index in [9.17, 15) is 24.2 Å². The first-order valence-electron chi connectivity index (χ1n) is 11.1. The average Bonchev–Trinajstić information content (AvgIpc) is 3.33. The number of benzene rings is 2. The van der Waals surface area contributed by atoms with Gasteiger partial charge in [-0.25, -0.2) is 4.39 Å². The van der Waals surface area contributed by atoms with Crippen molar-refractivity contribution < 1.29 is 28.9 Å². The van der Waals surface area contributed by atoms with Crippen LogP contribution in [-0.2, 0) is 15.1 Å². The van der Waals surface area contributed by atoms with E-state index in [0.29, 0.717) is 25.4 Å². The average molecular weight is 459 g/mol. The number of aliphatic hydroxyl groups is 2. The molecule has 0 spiro atoms. The number of nitrogens with zero attached hydrogens (tertiary/aromatic N) is 1. The van der Waals surface area contributed by atoms with Crippen molar-refractivity contribution in [1.29, 1.82) is 0 Å². The first-order chi connectivity index (χ1) is 15.6. The summed E-state index contributed by atoms with van der Waals surface area (Å²) in [6, 6.07) is 11.7. The molecule has 2 aromatic rings. The zero-order valence-corrected chi connectivity index (χ0v) is 19.2. The number of nitrogens with one attached hydrogen (secondary N) is 1. The summed E-state index contributed by atoms with van der Waals surface area (Å²) in [7, 11) is 0. The molecule has 0 radical (unpaired) electrons. The van der Waals surface area contributed by atoms with Crippen LogP contribution in [0.4, 0.5) is 4.39 Å². The maximum atomic E-state index is 13.6. The summed E-state index contributed by atoms with van der Waals surface area (Å²) in [6.07, 6.45) is -2.00. The summed E-state index contributed by atoms with van der Waals surface area (Å²) >= 11 is 0. The second-order valence-electron chi connectivity index (χ2n) is 8.69. The molecule has 1 aliphatic rings. The number of carbonyl (C=O) groups excluding carboxylic acids is 2. The monoisotopic (exact) mass is 458 g/mol. The van der Waals surface area contributed by atoms with E-state index in [1.807, 2.05) is 31.2 Å². The van der Waals surface area contributed by atoms with Gasteiger partial charge >= 0.3 is 0 Å². The predicted octanol–water partition coefficient (Wildman–Crippen LogP) is 2.59. The number of amides is 2. The van der Waals surface area contributed by atoms with Crippen LogP contribution < -0.4 is 10.1 Å². The van der Waals surface area contributed by atoms with E-state index < -0.39 is 29.6 Å². The number of hydrogen-bond acceptors (Lipinski definition) is 5. The number of halogens is 1. The van der Waals surface area contributed by atoms with E-state index in [1.54, 1.807) is 19.9 Å². The molecule has 1 heterocycles. The Morgan fingerprint density at radius 1 is 1.09 bits per heavy atom. The van der Waals surface area contributed by atoms with Gasteiger partial charge in [0, 0.05) is 24.7 Å². The Hall–Kier alpha value is -2.97. The number of aliphatic hydroxyl groups excluding tert-OH is 2. The van der Waals surface area contributed by atoms with Crippen molar-refractivity contribution in [3.63, 3.8) is 0 Å². The molecular formula is C25H31FN2O5. The molecule has 2 atom stereocenters. The fraction of sp³-hybridized carbons (Fsp3) is 0.440. The Kier molecular flexibility index (Phi) is 7.71. The van der Waals surface area contributed by atoms with Gasteiger partial charge in [-0.3, -0.25) is 9.59 Å². The molecule has 0 bridgehead atoms. The van der Waals surface area contributed by atoms with Crippen molar-refractivity contribution in [3.05, 3.63) is 53.8 Å². The molecule has 3 N–H and O–H groups in total. The normalized spacial score (nSPS) is 15.8. The lowest BCUT2D eigenvalue weighted by molar-refractivity contribution is -0.153. The fourth-order valence-corrected chi connectivity index (χ4v) is 3.93. The van der Waals surface area contributed by atoms with E-state index in [2.05, 4.69) is 5.32 Å². The highest BCUT2D eigenvalue weighted by molar-refractivity contribution is 5.91. The standard InChI is InChI=1S/C25H31FN2O5/c1-4-33-20-15-18(26)11-12-19(20)16-7-9-17(10-8-16)25(2,3)27-23(31)21(29)22(30)24(32)28-13-5-6-14-28/h7-12,15,21-22,29-30H,4-6,13-14H2,1-3H3,(H,27,31)/t21-,22-/m1/s1. The van der Waals surface area contributed by atoms with Crippen molar-refractivity contribution in [3.8, 4) is 16.9 Å². The van der Waals surface area contributed by atoms with Gasteiger partial charge in [0.1, 0.15) is 11.6 Å². The largest absolute Gasteiger partial charge is 0.493 e. The van der Waals surface area contributed by atoms with Gasteiger partial charge in [-0.1, -0.05) is 24.3 Å². The molecule has 2 aromatic carbocycles. The first kappa shape index (κ1) is 24.7. The molecule has 178 valence electrons. The van der Waals surface area contributed by atoms with Gasteiger partial charge in [-0.15, -0.1) is 0 Å². The number of rotatable bonds is 8. The minimum Gasteiger partial charge on any atom is -0.493 e. The number of hydrogen-bond donors (Lipinski definition) is 3. The third-order valence-corrected chi connectivity index (χ3v) is 5.84. The molecular weight excluding hydrogens is 427 g/mol. The van der Waals surface area contributed by atoms with Crippen LogP contribution in [0.5, 0.6) is 5.75 Å². The van der Waals surface area contributed by atoms with E-state index in [4.69, 9.17) is 4.74 Å². The lowest BCUT2D eigenvalue weighted by atomic mass is 9.91. The quantitative estimate of drug-likeness (QED) is 0.565. The zero-order valence-electron chi connectivity index (χ0n) is 19.2. The van der Waals surface area contributed by atoms with Crippen molar-refractivity contribution in [2.75, 3.05) is 19.7 Å². The molecule has 2 amide bonds. The Morgan fingerprint density at radius 2 is 1.73 bits per heavy atom. The molecule has 33 heavy (non-hydrogen) atoms. The van der Waals surface area contributed by atoms with Gasteiger partial charge in [0.15, 0.2) is 12.2 Å². The Labute approximate surface area is 193 Å². The first-order valence-corrected chi connectivity index (χ1v) is 11.1. The zero-order chi connectivity index (χ0) is 24.2. The van der Waals surface area contributed by atoms with Gasteiger partial charge in [0.2, 0.25) is 0 Å². The third-order valence-electron chi connectivity index (χ3n) is 5.84. The Morgan fingerprint density at radius 3 is 2.33 bits per heavy atom. The molecule has 0 aromatic heterocycles. The topological polar surface area (TPSA) is 99.1 Å². The van der Waals surface area contributed by atoms with Crippen LogP contribution in [0, 0.1) is 5.82 Å². The minimum absolute atomic E-state index is 0.383. The lowest BCUT2D eigenvalue weighted by Crippen LogP contribution is -2.53. The molecule has 3 rings (SSSR count). The van der Waals surface area contributed by atoms with E-state index in [0.717, 1.165) is 29.5 Å². The molecule has 8 heteroatoms. The summed E-state index contributed by atoms with van der Waals surface area (Å²) in [4.78, 5) is 26.3. The van der Waals surface area contributed by atoms with Crippen molar-refractivity contribution >= 4 is 11.8 Å². The minimum atomic E-state index is -1.87. The van der Waals surface area contributed by atoms with E-state index in [1.165, 1.54) is 17.0 Å². The Bertz CT molecular complexity index is 987. The van der Waals surface area contributed by atoms with E-state index >= 15 is 0 Å². The molecule has 1 aliphatic heterocycles. The van der Waals surface area contributed by atoms with Gasteiger partial charge < -0.3 is 25.2 Å². The van der Waals surface area contributed by atoms with Gasteiger partial charge in [-0.05, 0) is 56.9 Å². The van der Waals surface area contributed by atoms with Gasteiger partial charge in [-0.2, -0.15) is 0 Å². The molecule has 7 nitrogen and oxygen atoms in total. The van der Waals surface area contributed by atoms with Crippen LogP contribution in [0.15, 0.2) is 42.5 Å². The second-order valence-corrected chi connectivity index (χ2v) is 8.69. The van der Waals surface area contributed by atoms with Crippen LogP contribution in [0.2, 0.25) is 0 Å². The third kappa shape index (κ3) is 5.69. The smallest absolute Gasteiger partial charge is 0.254 e. The highest BCUT2D eigenvalue weighted by Crippen LogP contribution is 2.32. The lowest BCUT2D eigenvalue weighted by Gasteiger charge is -2.30. The van der Waals surface area contributed by atoms with Crippen molar-refractivity contribution in [2.45, 2.75) is 51.4 Å². The Balaban J connectivity index is 1.71. The number of ether oxygens (including phenoxy) is 1. The van der Waals surface area contributed by atoms with Crippen molar-refractivity contribution in [1.82, 2.24) is 10.2 Å². The molecule has 0 unspecified atom stereocenters. The summed E-state index contributed by atoms with van der Waals surface area (Å²) in [6.45, 7) is 6.77.